The first-order valence-electron chi connectivity index (χ1n) is 4.67. The molecule has 0 unspecified atom stereocenters. The molecule has 86 valence electrons. The summed E-state index contributed by atoms with van der Waals surface area (Å²) in [6.07, 6.45) is 1.87. The molecular formula is C10H11BrN2OS2. The summed E-state index contributed by atoms with van der Waals surface area (Å²) in [5.74, 6) is 0. The average molecular weight is 319 g/mol. The van der Waals surface area contributed by atoms with Gasteiger partial charge >= 0.3 is 0 Å². The number of ether oxygens (including phenoxy) is 1. The van der Waals surface area contributed by atoms with E-state index in [1.807, 2.05) is 13.1 Å². The highest BCUT2D eigenvalue weighted by Gasteiger charge is 2.07. The number of aromatic nitrogens is 1. The maximum atomic E-state index is 5.21. The number of hydrogen-bond acceptors (Lipinski definition) is 5. The third-order valence-corrected chi connectivity index (χ3v) is 4.75. The second-order valence-corrected chi connectivity index (χ2v) is 6.37. The molecule has 2 heterocycles. The highest BCUT2D eigenvalue weighted by molar-refractivity contribution is 9.10. The van der Waals surface area contributed by atoms with Crippen LogP contribution in [0.2, 0.25) is 0 Å². The van der Waals surface area contributed by atoms with Crippen molar-refractivity contribution >= 4 is 43.7 Å². The lowest BCUT2D eigenvalue weighted by atomic mass is 10.5. The van der Waals surface area contributed by atoms with Gasteiger partial charge in [-0.2, -0.15) is 0 Å². The van der Waals surface area contributed by atoms with Crippen molar-refractivity contribution in [3.05, 3.63) is 26.5 Å². The van der Waals surface area contributed by atoms with Gasteiger partial charge in [-0.1, -0.05) is 0 Å². The van der Waals surface area contributed by atoms with E-state index in [9.17, 15) is 0 Å². The standard InChI is InChI=1S/C10H11BrN2OS2/c1-6-4-12-10(15-6)13-5-7-3-8(11)9(14-2)16-7/h3-4H,5H2,1-2H3,(H,12,13). The third-order valence-electron chi connectivity index (χ3n) is 1.93. The third kappa shape index (κ3) is 2.75. The Bertz CT molecular complexity index is 481. The van der Waals surface area contributed by atoms with Crippen molar-refractivity contribution < 1.29 is 4.74 Å². The molecule has 2 aromatic rings. The van der Waals surface area contributed by atoms with Crippen LogP contribution >= 0.6 is 38.6 Å². The molecule has 0 aliphatic heterocycles. The lowest BCUT2D eigenvalue weighted by Gasteiger charge is -1.98. The van der Waals surface area contributed by atoms with Crippen LogP contribution < -0.4 is 10.1 Å². The first-order chi connectivity index (χ1) is 7.69. The Morgan fingerprint density at radius 3 is 2.88 bits per heavy atom. The maximum absolute atomic E-state index is 5.21. The van der Waals surface area contributed by atoms with Crippen molar-refractivity contribution in [2.24, 2.45) is 0 Å². The van der Waals surface area contributed by atoms with Gasteiger partial charge < -0.3 is 10.1 Å². The van der Waals surface area contributed by atoms with Crippen molar-refractivity contribution in [3.8, 4) is 5.06 Å². The summed E-state index contributed by atoms with van der Waals surface area (Å²) in [6, 6.07) is 2.07. The molecule has 0 aliphatic rings. The fourth-order valence-corrected chi connectivity index (χ4v) is 3.51. The predicted molar refractivity (Wildman–Crippen MR) is 72.7 cm³/mol. The van der Waals surface area contributed by atoms with Crippen LogP contribution in [-0.4, -0.2) is 12.1 Å². The Morgan fingerprint density at radius 1 is 1.50 bits per heavy atom. The van der Waals surface area contributed by atoms with Gasteiger partial charge in [-0.15, -0.1) is 22.7 Å². The van der Waals surface area contributed by atoms with Crippen LogP contribution in [0.15, 0.2) is 16.7 Å². The molecule has 0 aliphatic carbocycles. The monoisotopic (exact) mass is 318 g/mol. The van der Waals surface area contributed by atoms with E-state index < -0.39 is 0 Å². The second-order valence-electron chi connectivity index (χ2n) is 3.18. The van der Waals surface area contributed by atoms with E-state index in [2.05, 4.69) is 32.3 Å². The van der Waals surface area contributed by atoms with E-state index in [0.717, 1.165) is 21.2 Å². The molecule has 0 spiro atoms. The Hall–Kier alpha value is -0.590. The molecule has 0 aromatic carbocycles. The van der Waals surface area contributed by atoms with E-state index in [1.54, 1.807) is 29.8 Å². The number of anilines is 1. The van der Waals surface area contributed by atoms with E-state index in [1.165, 1.54) is 9.75 Å². The summed E-state index contributed by atoms with van der Waals surface area (Å²) in [4.78, 5) is 6.68. The zero-order valence-corrected chi connectivity index (χ0v) is 12.1. The number of methoxy groups -OCH3 is 1. The van der Waals surface area contributed by atoms with Crippen molar-refractivity contribution in [1.29, 1.82) is 0 Å². The summed E-state index contributed by atoms with van der Waals surface area (Å²) in [5.41, 5.74) is 0. The molecule has 0 radical (unpaired) electrons. The van der Waals surface area contributed by atoms with Gasteiger partial charge in [-0.25, -0.2) is 4.98 Å². The Labute approximate surface area is 111 Å². The minimum Gasteiger partial charge on any atom is -0.486 e. The number of nitrogens with zero attached hydrogens (tertiary/aromatic N) is 1. The lowest BCUT2D eigenvalue weighted by Crippen LogP contribution is -1.95. The van der Waals surface area contributed by atoms with Crippen molar-refractivity contribution in [1.82, 2.24) is 4.98 Å². The first kappa shape index (κ1) is 11.9. The zero-order valence-electron chi connectivity index (χ0n) is 8.91. The van der Waals surface area contributed by atoms with Crippen LogP contribution in [0.5, 0.6) is 5.06 Å². The Balaban J connectivity index is 1.99. The van der Waals surface area contributed by atoms with Gasteiger partial charge in [0.1, 0.15) is 0 Å². The van der Waals surface area contributed by atoms with Gasteiger partial charge in [0.2, 0.25) is 0 Å². The highest BCUT2D eigenvalue weighted by atomic mass is 79.9. The van der Waals surface area contributed by atoms with Gasteiger partial charge in [0.15, 0.2) is 10.2 Å². The molecule has 2 aromatic heterocycles. The van der Waals surface area contributed by atoms with Crippen LogP contribution in [0, 0.1) is 6.92 Å². The number of halogens is 1. The van der Waals surface area contributed by atoms with Gasteiger partial charge in [0.05, 0.1) is 18.1 Å². The Morgan fingerprint density at radius 2 is 2.31 bits per heavy atom. The molecule has 3 nitrogen and oxygen atoms in total. The number of thiazole rings is 1. The first-order valence-corrected chi connectivity index (χ1v) is 7.10. The van der Waals surface area contributed by atoms with Gasteiger partial charge in [0, 0.05) is 16.0 Å². The molecule has 6 heteroatoms. The van der Waals surface area contributed by atoms with Crippen molar-refractivity contribution in [2.45, 2.75) is 13.5 Å². The van der Waals surface area contributed by atoms with Gasteiger partial charge in [0.25, 0.3) is 0 Å². The Kier molecular flexibility index (Phi) is 3.83. The second kappa shape index (κ2) is 5.16. The minimum absolute atomic E-state index is 0.777. The van der Waals surface area contributed by atoms with Crippen LogP contribution in [0.25, 0.3) is 0 Å². The van der Waals surface area contributed by atoms with E-state index in [0.29, 0.717) is 0 Å². The summed E-state index contributed by atoms with van der Waals surface area (Å²) in [5, 5.41) is 5.16. The van der Waals surface area contributed by atoms with Crippen molar-refractivity contribution in [3.63, 3.8) is 0 Å². The average Bonchev–Trinajstić information content (AvgIpc) is 2.82. The maximum Gasteiger partial charge on any atom is 0.188 e. The van der Waals surface area contributed by atoms with E-state index in [-0.39, 0.29) is 0 Å². The lowest BCUT2D eigenvalue weighted by molar-refractivity contribution is 0.425. The summed E-state index contributed by atoms with van der Waals surface area (Å²) in [7, 11) is 1.68. The molecule has 0 saturated carbocycles. The molecule has 0 saturated heterocycles. The van der Waals surface area contributed by atoms with Gasteiger partial charge in [-0.05, 0) is 28.9 Å². The topological polar surface area (TPSA) is 34.1 Å². The van der Waals surface area contributed by atoms with Crippen LogP contribution in [0.3, 0.4) is 0 Å². The normalized spacial score (nSPS) is 10.4. The van der Waals surface area contributed by atoms with Crippen LogP contribution in [0.1, 0.15) is 9.75 Å². The van der Waals surface area contributed by atoms with Crippen LogP contribution in [-0.2, 0) is 6.54 Å². The fraction of sp³-hybridized carbons (Fsp3) is 0.300. The number of thiophene rings is 1. The summed E-state index contributed by atoms with van der Waals surface area (Å²) in [6.45, 7) is 2.83. The van der Waals surface area contributed by atoms with Crippen molar-refractivity contribution in [2.75, 3.05) is 12.4 Å². The number of hydrogen-bond donors (Lipinski definition) is 1. The largest absolute Gasteiger partial charge is 0.486 e. The molecule has 16 heavy (non-hydrogen) atoms. The molecule has 2 rings (SSSR count). The minimum atomic E-state index is 0.777. The molecule has 0 amide bonds. The quantitative estimate of drug-likeness (QED) is 0.928. The number of aryl methyl sites for hydroxylation is 1. The number of nitrogens with one attached hydrogen (secondary N) is 1. The number of rotatable bonds is 4. The fourth-order valence-electron chi connectivity index (χ4n) is 1.22. The summed E-state index contributed by atoms with van der Waals surface area (Å²) >= 11 is 6.75. The highest BCUT2D eigenvalue weighted by Crippen LogP contribution is 2.35. The molecule has 0 atom stereocenters. The van der Waals surface area contributed by atoms with E-state index in [4.69, 9.17) is 4.74 Å². The predicted octanol–water partition coefficient (Wildman–Crippen LogP) is 3.90. The smallest absolute Gasteiger partial charge is 0.188 e. The molecular weight excluding hydrogens is 308 g/mol. The van der Waals surface area contributed by atoms with E-state index >= 15 is 0 Å². The SMILES string of the molecule is COc1sc(CNc2ncc(C)s2)cc1Br. The van der Waals surface area contributed by atoms with Gasteiger partial charge in [-0.3, -0.25) is 0 Å². The zero-order chi connectivity index (χ0) is 11.5. The molecule has 1 N–H and O–H groups in total. The molecule has 0 fully saturated rings. The summed E-state index contributed by atoms with van der Waals surface area (Å²) < 4.78 is 6.22. The molecule has 0 bridgehead atoms. The van der Waals surface area contributed by atoms with Crippen LogP contribution in [0.4, 0.5) is 5.13 Å².